The van der Waals surface area contributed by atoms with E-state index in [-0.39, 0.29) is 12.7 Å². The summed E-state index contributed by atoms with van der Waals surface area (Å²) in [5.74, 6) is -0.644. The Labute approximate surface area is 75.9 Å². The molecular formula is C5H11ClO5Si. The van der Waals surface area contributed by atoms with Gasteiger partial charge in [0, 0.05) is 0 Å². The number of ether oxygens (including phenoxy) is 1. The molecule has 0 aromatic rings. The summed E-state index contributed by atoms with van der Waals surface area (Å²) in [5, 5.41) is -0.767. The molecule has 0 aliphatic heterocycles. The van der Waals surface area contributed by atoms with Crippen molar-refractivity contribution in [1.29, 1.82) is 0 Å². The van der Waals surface area contributed by atoms with Crippen LogP contribution in [0.3, 0.4) is 0 Å². The van der Waals surface area contributed by atoms with E-state index in [0.29, 0.717) is 0 Å². The maximum Gasteiger partial charge on any atom is 0.496 e. The number of hydrogen-bond donors (Lipinski definition) is 3. The van der Waals surface area contributed by atoms with Crippen LogP contribution in [0.4, 0.5) is 0 Å². The standard InChI is InChI=1S/C5H11ClO5Si/c1-4(6)5(7)11-2-3-12(8,9)10/h4,8-10H,2-3H2,1H3. The summed E-state index contributed by atoms with van der Waals surface area (Å²) < 4.78 is 4.46. The van der Waals surface area contributed by atoms with Crippen LogP contribution >= 0.6 is 11.6 Å². The summed E-state index contributed by atoms with van der Waals surface area (Å²) in [5.41, 5.74) is 0. The molecule has 0 bridgehead atoms. The lowest BCUT2D eigenvalue weighted by atomic mass is 10.5. The highest BCUT2D eigenvalue weighted by atomic mass is 35.5. The van der Waals surface area contributed by atoms with Crippen molar-refractivity contribution in [2.24, 2.45) is 0 Å². The van der Waals surface area contributed by atoms with Crippen LogP contribution in [0.25, 0.3) is 0 Å². The van der Waals surface area contributed by atoms with E-state index in [9.17, 15) is 4.79 Å². The first-order chi connectivity index (χ1) is 5.33. The lowest BCUT2D eigenvalue weighted by Crippen LogP contribution is -2.36. The van der Waals surface area contributed by atoms with Gasteiger partial charge in [-0.15, -0.1) is 11.6 Å². The van der Waals surface area contributed by atoms with E-state index in [2.05, 4.69) is 4.74 Å². The Bertz CT molecular complexity index is 154. The Morgan fingerprint density at radius 1 is 1.58 bits per heavy atom. The normalized spacial score (nSPS) is 14.1. The number of hydrogen-bond acceptors (Lipinski definition) is 5. The molecule has 0 fully saturated rings. The van der Waals surface area contributed by atoms with Gasteiger partial charge < -0.3 is 19.1 Å². The lowest BCUT2D eigenvalue weighted by Gasteiger charge is -2.09. The molecule has 0 radical (unpaired) electrons. The molecule has 0 aromatic carbocycles. The quantitative estimate of drug-likeness (QED) is 0.320. The Kier molecular flexibility index (Phi) is 4.72. The molecule has 0 aliphatic carbocycles. The summed E-state index contributed by atoms with van der Waals surface area (Å²) >= 11 is 5.33. The van der Waals surface area contributed by atoms with E-state index >= 15 is 0 Å². The van der Waals surface area contributed by atoms with Gasteiger partial charge in [-0.1, -0.05) is 0 Å². The molecule has 0 saturated heterocycles. The van der Waals surface area contributed by atoms with Gasteiger partial charge >= 0.3 is 14.8 Å². The fourth-order valence-corrected chi connectivity index (χ4v) is 0.842. The van der Waals surface area contributed by atoms with E-state index < -0.39 is 20.2 Å². The zero-order chi connectivity index (χ0) is 9.78. The molecular weight excluding hydrogens is 204 g/mol. The Hall–Kier alpha value is -0.143. The van der Waals surface area contributed by atoms with Crippen molar-refractivity contribution in [2.45, 2.75) is 18.3 Å². The van der Waals surface area contributed by atoms with Gasteiger partial charge in [0.1, 0.15) is 5.38 Å². The van der Waals surface area contributed by atoms with Gasteiger partial charge in [-0.25, -0.2) is 0 Å². The van der Waals surface area contributed by atoms with E-state index in [1.165, 1.54) is 6.92 Å². The second kappa shape index (κ2) is 4.78. The van der Waals surface area contributed by atoms with Crippen molar-refractivity contribution in [3.8, 4) is 0 Å². The lowest BCUT2D eigenvalue weighted by molar-refractivity contribution is -0.142. The fraction of sp³-hybridized carbons (Fsp3) is 0.800. The van der Waals surface area contributed by atoms with Gasteiger partial charge in [0.15, 0.2) is 0 Å². The third kappa shape index (κ3) is 6.56. The molecule has 12 heavy (non-hydrogen) atoms. The molecule has 5 nitrogen and oxygen atoms in total. The van der Waals surface area contributed by atoms with Crippen molar-refractivity contribution in [3.05, 3.63) is 0 Å². The molecule has 0 spiro atoms. The first-order valence-electron chi connectivity index (χ1n) is 3.31. The second-order valence-electron chi connectivity index (χ2n) is 2.31. The van der Waals surface area contributed by atoms with Crippen LogP contribution in [0.5, 0.6) is 0 Å². The minimum absolute atomic E-state index is 0.231. The van der Waals surface area contributed by atoms with Crippen LogP contribution in [-0.4, -0.2) is 41.1 Å². The Balaban J connectivity index is 3.51. The highest BCUT2D eigenvalue weighted by Gasteiger charge is 2.27. The third-order valence-corrected chi connectivity index (χ3v) is 2.06. The van der Waals surface area contributed by atoms with Crippen LogP contribution in [0.2, 0.25) is 6.04 Å². The Morgan fingerprint density at radius 3 is 2.42 bits per heavy atom. The van der Waals surface area contributed by atoms with E-state index in [4.69, 9.17) is 26.0 Å². The van der Waals surface area contributed by atoms with Gasteiger partial charge in [0.2, 0.25) is 0 Å². The van der Waals surface area contributed by atoms with Crippen molar-refractivity contribution < 1.29 is 23.9 Å². The van der Waals surface area contributed by atoms with Gasteiger partial charge in [-0.2, -0.15) is 0 Å². The van der Waals surface area contributed by atoms with Crippen LogP contribution < -0.4 is 0 Å². The first-order valence-corrected chi connectivity index (χ1v) is 5.79. The van der Waals surface area contributed by atoms with Crippen LogP contribution in [-0.2, 0) is 9.53 Å². The molecule has 0 amide bonds. The van der Waals surface area contributed by atoms with Gasteiger partial charge in [-0.05, 0) is 6.92 Å². The second-order valence-corrected chi connectivity index (χ2v) is 5.01. The van der Waals surface area contributed by atoms with Crippen molar-refractivity contribution >= 4 is 26.4 Å². The number of halogens is 1. The number of esters is 1. The molecule has 0 saturated carbocycles. The van der Waals surface area contributed by atoms with Crippen molar-refractivity contribution in [3.63, 3.8) is 0 Å². The zero-order valence-electron chi connectivity index (χ0n) is 6.53. The maximum atomic E-state index is 10.6. The molecule has 3 N–H and O–H groups in total. The Morgan fingerprint density at radius 2 is 2.08 bits per heavy atom. The van der Waals surface area contributed by atoms with Crippen molar-refractivity contribution in [1.82, 2.24) is 0 Å². The number of carbonyl (C=O) groups is 1. The topological polar surface area (TPSA) is 87.0 Å². The molecule has 0 heterocycles. The molecule has 7 heteroatoms. The van der Waals surface area contributed by atoms with Gasteiger partial charge in [0.25, 0.3) is 0 Å². The van der Waals surface area contributed by atoms with E-state index in [0.717, 1.165) is 0 Å². The molecule has 1 unspecified atom stereocenters. The maximum absolute atomic E-state index is 10.6. The highest BCUT2D eigenvalue weighted by molar-refractivity contribution is 6.56. The molecule has 0 aliphatic rings. The minimum Gasteiger partial charge on any atom is -0.465 e. The molecule has 72 valence electrons. The van der Waals surface area contributed by atoms with E-state index in [1.54, 1.807) is 0 Å². The molecule has 0 rings (SSSR count). The number of carbonyl (C=O) groups excluding carboxylic acids is 1. The summed E-state index contributed by atoms with van der Waals surface area (Å²) in [6.45, 7) is 1.21. The van der Waals surface area contributed by atoms with Crippen LogP contribution in [0.15, 0.2) is 0 Å². The first kappa shape index (κ1) is 11.9. The third-order valence-electron chi connectivity index (χ3n) is 1.01. The summed E-state index contributed by atoms with van der Waals surface area (Å²) in [4.78, 5) is 36.1. The van der Waals surface area contributed by atoms with Crippen molar-refractivity contribution in [2.75, 3.05) is 6.61 Å². The summed E-state index contributed by atoms with van der Waals surface area (Å²) in [6.07, 6.45) is 0. The van der Waals surface area contributed by atoms with Crippen LogP contribution in [0.1, 0.15) is 6.92 Å². The van der Waals surface area contributed by atoms with Gasteiger partial charge in [-0.3, -0.25) is 4.79 Å². The monoisotopic (exact) mass is 214 g/mol. The smallest absolute Gasteiger partial charge is 0.465 e. The average Bonchev–Trinajstić information content (AvgIpc) is 1.84. The highest BCUT2D eigenvalue weighted by Crippen LogP contribution is 2.00. The molecule has 1 atom stereocenters. The summed E-state index contributed by atoms with van der Waals surface area (Å²) in [6, 6.07) is -0.331. The predicted octanol–water partition coefficient (Wildman–Crippen LogP) is -0.927. The van der Waals surface area contributed by atoms with Crippen LogP contribution in [0, 0.1) is 0 Å². The molecule has 0 aromatic heterocycles. The fourth-order valence-electron chi connectivity index (χ4n) is 0.403. The van der Waals surface area contributed by atoms with E-state index in [1.807, 2.05) is 0 Å². The number of alkyl halides is 1. The SMILES string of the molecule is CC(Cl)C(=O)OCC[Si](O)(O)O. The summed E-state index contributed by atoms with van der Waals surface area (Å²) in [7, 11) is -4.08. The van der Waals surface area contributed by atoms with Gasteiger partial charge in [0.05, 0.1) is 12.7 Å². The predicted molar refractivity (Wildman–Crippen MR) is 43.5 cm³/mol. The average molecular weight is 215 g/mol. The number of rotatable bonds is 4. The minimum atomic E-state index is -4.08. The zero-order valence-corrected chi connectivity index (χ0v) is 8.28. The largest absolute Gasteiger partial charge is 0.496 e.